The highest BCUT2D eigenvalue weighted by Gasteiger charge is 2.27. The lowest BCUT2D eigenvalue weighted by Crippen LogP contribution is -2.47. The maximum absolute atomic E-state index is 13.1. The van der Waals surface area contributed by atoms with Crippen LogP contribution in [0.4, 0.5) is 0 Å². The van der Waals surface area contributed by atoms with Crippen LogP contribution in [-0.4, -0.2) is 35.9 Å². The molecule has 30 heavy (non-hydrogen) atoms. The first-order valence-electron chi connectivity index (χ1n) is 10.1. The van der Waals surface area contributed by atoms with E-state index in [4.69, 9.17) is 16.3 Å². The van der Waals surface area contributed by atoms with Crippen molar-refractivity contribution in [2.24, 2.45) is 0 Å². The van der Waals surface area contributed by atoms with Crippen LogP contribution in [0.1, 0.15) is 48.7 Å². The number of hydrogen-bond acceptors (Lipinski definition) is 3. The van der Waals surface area contributed by atoms with Crippen molar-refractivity contribution in [2.75, 3.05) is 7.05 Å². The van der Waals surface area contributed by atoms with Gasteiger partial charge in [0, 0.05) is 18.5 Å². The minimum absolute atomic E-state index is 0.0971. The van der Waals surface area contributed by atoms with E-state index >= 15 is 0 Å². The Bertz CT molecular complexity index is 944. The van der Waals surface area contributed by atoms with E-state index < -0.39 is 6.04 Å². The Kier molecular flexibility index (Phi) is 7.16. The number of nitrogens with one attached hydrogen (secondary N) is 1. The molecule has 0 aliphatic carbocycles. The largest absolute Gasteiger partial charge is 0.490 e. The first kappa shape index (κ1) is 21.9. The molecule has 3 atom stereocenters. The van der Waals surface area contributed by atoms with Gasteiger partial charge in [-0.05, 0) is 50.1 Å². The number of carbonyl (C=O) groups excluding carboxylic acids is 2. The molecule has 0 saturated carbocycles. The molecule has 1 aliphatic rings. The fraction of sp³-hybridized carbons (Fsp3) is 0.333. The Hall–Kier alpha value is -2.79. The van der Waals surface area contributed by atoms with Gasteiger partial charge in [-0.1, -0.05) is 48.0 Å². The molecule has 1 N–H and O–H groups in total. The van der Waals surface area contributed by atoms with E-state index in [1.165, 1.54) is 4.90 Å². The standard InChI is InChI=1S/C24H27ClN2O3/c1-16-9-4-6-13-21(18-10-8-11-19(25)15-18)26-23(28)17(2)27(3)24(29)20-12-5-7-14-22(20)30-16/h4-8,10-12,14-17,21H,9,13H2,1-3H3,(H,26,28)/b6-4-/t16-,17-,21+/m0/s1. The van der Waals surface area contributed by atoms with Crippen molar-refractivity contribution in [2.45, 2.75) is 44.9 Å². The zero-order chi connectivity index (χ0) is 21.7. The predicted molar refractivity (Wildman–Crippen MR) is 119 cm³/mol. The number of hydrogen-bond donors (Lipinski definition) is 1. The van der Waals surface area contributed by atoms with Crippen molar-refractivity contribution in [1.29, 1.82) is 0 Å². The summed E-state index contributed by atoms with van der Waals surface area (Å²) in [7, 11) is 1.63. The molecule has 0 saturated heterocycles. The molecule has 2 aromatic carbocycles. The van der Waals surface area contributed by atoms with E-state index in [0.717, 1.165) is 5.56 Å². The second-order valence-electron chi connectivity index (χ2n) is 7.58. The van der Waals surface area contributed by atoms with E-state index in [1.54, 1.807) is 38.2 Å². The van der Waals surface area contributed by atoms with Gasteiger partial charge in [-0.25, -0.2) is 0 Å². The fourth-order valence-electron chi connectivity index (χ4n) is 3.37. The van der Waals surface area contributed by atoms with Crippen LogP contribution < -0.4 is 10.1 Å². The van der Waals surface area contributed by atoms with Crippen LogP contribution in [0, 0.1) is 0 Å². The van der Waals surface area contributed by atoms with Gasteiger partial charge >= 0.3 is 0 Å². The normalized spacial score (nSPS) is 24.3. The van der Waals surface area contributed by atoms with Crippen LogP contribution in [0.25, 0.3) is 0 Å². The first-order valence-corrected chi connectivity index (χ1v) is 10.5. The second-order valence-corrected chi connectivity index (χ2v) is 8.01. The third kappa shape index (κ3) is 5.22. The molecule has 158 valence electrons. The Labute approximate surface area is 182 Å². The van der Waals surface area contributed by atoms with Gasteiger partial charge in [0.1, 0.15) is 11.8 Å². The number of amides is 2. The Morgan fingerprint density at radius 1 is 1.03 bits per heavy atom. The molecule has 1 aliphatic heterocycles. The Morgan fingerprint density at radius 3 is 2.53 bits per heavy atom. The van der Waals surface area contributed by atoms with Crippen molar-refractivity contribution >= 4 is 23.4 Å². The van der Waals surface area contributed by atoms with Gasteiger partial charge < -0.3 is 15.0 Å². The summed E-state index contributed by atoms with van der Waals surface area (Å²) in [5.74, 6) is 0.0390. The maximum atomic E-state index is 13.1. The van der Waals surface area contributed by atoms with Gasteiger partial charge in [0.05, 0.1) is 17.7 Å². The van der Waals surface area contributed by atoms with Gasteiger partial charge in [-0.2, -0.15) is 0 Å². The van der Waals surface area contributed by atoms with Gasteiger partial charge in [0.25, 0.3) is 5.91 Å². The molecule has 0 spiro atoms. The molecule has 0 unspecified atom stereocenters. The average molecular weight is 427 g/mol. The SMILES string of the molecule is C[C@H]1C/C=C\C[C@H](c2cccc(Cl)c2)NC(=O)[C@H](C)N(C)C(=O)c2ccccc2O1. The topological polar surface area (TPSA) is 58.6 Å². The number of fused-ring (bicyclic) bond motifs is 1. The van der Waals surface area contributed by atoms with Crippen molar-refractivity contribution < 1.29 is 14.3 Å². The van der Waals surface area contributed by atoms with E-state index in [-0.39, 0.29) is 24.0 Å². The number of rotatable bonds is 1. The number of benzene rings is 2. The summed E-state index contributed by atoms with van der Waals surface area (Å²) in [6.45, 7) is 3.69. The van der Waals surface area contributed by atoms with Gasteiger partial charge in [0.15, 0.2) is 0 Å². The molecule has 3 rings (SSSR count). The van der Waals surface area contributed by atoms with Crippen LogP contribution >= 0.6 is 11.6 Å². The molecule has 2 aromatic rings. The summed E-state index contributed by atoms with van der Waals surface area (Å²) < 4.78 is 6.03. The summed E-state index contributed by atoms with van der Waals surface area (Å²) in [5.41, 5.74) is 1.36. The van der Waals surface area contributed by atoms with Crippen LogP contribution in [0.5, 0.6) is 5.75 Å². The second kappa shape index (κ2) is 9.81. The molecular weight excluding hydrogens is 400 g/mol. The highest BCUT2D eigenvalue weighted by atomic mass is 35.5. The fourth-order valence-corrected chi connectivity index (χ4v) is 3.57. The van der Waals surface area contributed by atoms with Crippen LogP contribution in [-0.2, 0) is 4.79 Å². The van der Waals surface area contributed by atoms with Crippen molar-refractivity contribution in [3.8, 4) is 5.75 Å². The van der Waals surface area contributed by atoms with E-state index in [0.29, 0.717) is 29.2 Å². The Balaban J connectivity index is 1.93. The average Bonchev–Trinajstić information content (AvgIpc) is 2.74. The number of para-hydroxylation sites is 1. The van der Waals surface area contributed by atoms with Gasteiger partial charge in [0.2, 0.25) is 5.91 Å². The first-order chi connectivity index (χ1) is 14.4. The Morgan fingerprint density at radius 2 is 1.77 bits per heavy atom. The summed E-state index contributed by atoms with van der Waals surface area (Å²) in [4.78, 5) is 27.5. The van der Waals surface area contributed by atoms with Crippen LogP contribution in [0.2, 0.25) is 5.02 Å². The third-order valence-electron chi connectivity index (χ3n) is 5.30. The summed E-state index contributed by atoms with van der Waals surface area (Å²) in [6.07, 6.45) is 5.29. The molecule has 0 bridgehead atoms. The van der Waals surface area contributed by atoms with Crippen LogP contribution in [0.15, 0.2) is 60.7 Å². The summed E-state index contributed by atoms with van der Waals surface area (Å²) in [5, 5.41) is 3.69. The van der Waals surface area contributed by atoms with Crippen molar-refractivity contribution in [1.82, 2.24) is 10.2 Å². The lowest BCUT2D eigenvalue weighted by Gasteiger charge is -2.28. The minimum atomic E-state index is -0.656. The maximum Gasteiger partial charge on any atom is 0.258 e. The number of nitrogens with zero attached hydrogens (tertiary/aromatic N) is 1. The lowest BCUT2D eigenvalue weighted by molar-refractivity contribution is -0.125. The van der Waals surface area contributed by atoms with Gasteiger partial charge in [-0.3, -0.25) is 9.59 Å². The highest BCUT2D eigenvalue weighted by molar-refractivity contribution is 6.30. The summed E-state index contributed by atoms with van der Waals surface area (Å²) >= 11 is 6.16. The van der Waals surface area contributed by atoms with Crippen LogP contribution in [0.3, 0.4) is 0 Å². The molecule has 0 aromatic heterocycles. The van der Waals surface area contributed by atoms with E-state index in [2.05, 4.69) is 5.32 Å². The minimum Gasteiger partial charge on any atom is -0.490 e. The highest BCUT2D eigenvalue weighted by Crippen LogP contribution is 2.25. The molecule has 5 nitrogen and oxygen atoms in total. The monoisotopic (exact) mass is 426 g/mol. The molecule has 6 heteroatoms. The zero-order valence-corrected chi connectivity index (χ0v) is 18.2. The van der Waals surface area contributed by atoms with E-state index in [9.17, 15) is 9.59 Å². The predicted octanol–water partition coefficient (Wildman–Crippen LogP) is 4.78. The smallest absolute Gasteiger partial charge is 0.258 e. The van der Waals surface area contributed by atoms with Gasteiger partial charge in [-0.15, -0.1) is 0 Å². The third-order valence-corrected chi connectivity index (χ3v) is 5.54. The lowest BCUT2D eigenvalue weighted by atomic mass is 10.0. The summed E-state index contributed by atoms with van der Waals surface area (Å²) in [6, 6.07) is 13.7. The van der Waals surface area contributed by atoms with Crippen molar-refractivity contribution in [3.63, 3.8) is 0 Å². The number of likely N-dealkylation sites (N-methyl/N-ethyl adjacent to an activating group) is 1. The van der Waals surface area contributed by atoms with Crippen molar-refractivity contribution in [3.05, 3.63) is 76.8 Å². The zero-order valence-electron chi connectivity index (χ0n) is 17.5. The van der Waals surface area contributed by atoms with E-state index in [1.807, 2.05) is 43.3 Å². The number of ether oxygens (including phenoxy) is 1. The molecule has 0 radical (unpaired) electrons. The number of carbonyl (C=O) groups is 2. The number of halogens is 1. The molecule has 0 fully saturated rings. The molecular formula is C24H27ClN2O3. The molecule has 2 amide bonds. The quantitative estimate of drug-likeness (QED) is 0.668. The molecule has 1 heterocycles.